The summed E-state index contributed by atoms with van der Waals surface area (Å²) in [5.74, 6) is -1.54. The molecule has 0 bridgehead atoms. The lowest BCUT2D eigenvalue weighted by Gasteiger charge is -2.13. The van der Waals surface area contributed by atoms with E-state index in [2.05, 4.69) is 6.58 Å². The van der Waals surface area contributed by atoms with Gasteiger partial charge in [-0.05, 0) is 25.0 Å². The van der Waals surface area contributed by atoms with Crippen LogP contribution in [0.25, 0.3) is 0 Å². The Morgan fingerprint density at radius 3 is 2.59 bits per heavy atom. The van der Waals surface area contributed by atoms with Crippen LogP contribution in [0.4, 0.5) is 0 Å². The van der Waals surface area contributed by atoms with Crippen LogP contribution < -0.4 is 4.74 Å². The lowest BCUT2D eigenvalue weighted by atomic mass is 10.0. The number of aryl methyl sites for hydroxylation is 1. The maximum absolute atomic E-state index is 11.1. The van der Waals surface area contributed by atoms with E-state index in [0.717, 1.165) is 5.56 Å². The Morgan fingerprint density at radius 1 is 1.47 bits per heavy atom. The van der Waals surface area contributed by atoms with E-state index in [4.69, 9.17) is 9.84 Å². The normalized spacial score (nSPS) is 9.76. The minimum Gasteiger partial charge on any atom is -0.478 e. The van der Waals surface area contributed by atoms with Crippen molar-refractivity contribution in [2.24, 2.45) is 0 Å². The van der Waals surface area contributed by atoms with Gasteiger partial charge in [-0.15, -0.1) is 6.58 Å². The molecule has 0 heterocycles. The lowest BCUT2D eigenvalue weighted by molar-refractivity contribution is -0.131. The van der Waals surface area contributed by atoms with Crippen molar-refractivity contribution in [3.05, 3.63) is 41.5 Å². The summed E-state index contributed by atoms with van der Waals surface area (Å²) in [5, 5.41) is 9.04. The van der Waals surface area contributed by atoms with Gasteiger partial charge in [0.05, 0.1) is 0 Å². The molecule has 0 aliphatic carbocycles. The molecule has 4 heteroatoms. The van der Waals surface area contributed by atoms with Crippen molar-refractivity contribution < 1.29 is 19.4 Å². The summed E-state index contributed by atoms with van der Waals surface area (Å²) in [4.78, 5) is 22.1. The van der Waals surface area contributed by atoms with E-state index in [9.17, 15) is 9.59 Å². The van der Waals surface area contributed by atoms with Crippen molar-refractivity contribution >= 4 is 11.9 Å². The molecule has 17 heavy (non-hydrogen) atoms. The van der Waals surface area contributed by atoms with Gasteiger partial charge in [-0.3, -0.25) is 4.79 Å². The molecule has 0 aliphatic heterocycles. The Balaban J connectivity index is 3.42. The second-order valence-corrected chi connectivity index (χ2v) is 3.63. The van der Waals surface area contributed by atoms with Crippen LogP contribution in [-0.4, -0.2) is 17.0 Å². The van der Waals surface area contributed by atoms with Crippen molar-refractivity contribution in [3.8, 4) is 5.75 Å². The number of hydrogen-bond donors (Lipinski definition) is 1. The number of carbonyl (C=O) groups is 2. The van der Waals surface area contributed by atoms with Crippen LogP contribution in [0, 0.1) is 6.92 Å². The fraction of sp³-hybridized carbons (Fsp3) is 0.231. The Kier molecular flexibility index (Phi) is 4.04. The fourth-order valence-electron chi connectivity index (χ4n) is 1.55. The van der Waals surface area contributed by atoms with Crippen LogP contribution in [-0.2, 0) is 11.2 Å². The van der Waals surface area contributed by atoms with E-state index in [-0.39, 0.29) is 11.3 Å². The standard InChI is InChI=1S/C13H14O4/c1-4-5-10-8(2)6-7-11(13(15)16)12(10)17-9(3)14/h4,6-7H,1,5H2,2-3H3,(H,15,16). The van der Waals surface area contributed by atoms with E-state index in [1.54, 1.807) is 12.1 Å². The summed E-state index contributed by atoms with van der Waals surface area (Å²) in [6.45, 7) is 6.68. The number of hydrogen-bond acceptors (Lipinski definition) is 3. The van der Waals surface area contributed by atoms with Gasteiger partial charge in [0.2, 0.25) is 0 Å². The Morgan fingerprint density at radius 2 is 2.12 bits per heavy atom. The summed E-state index contributed by atoms with van der Waals surface area (Å²) in [7, 11) is 0. The van der Waals surface area contributed by atoms with Crippen molar-refractivity contribution in [2.75, 3.05) is 0 Å². The van der Waals surface area contributed by atoms with Crippen molar-refractivity contribution in [1.82, 2.24) is 0 Å². The van der Waals surface area contributed by atoms with E-state index < -0.39 is 11.9 Å². The molecule has 1 rings (SSSR count). The van der Waals surface area contributed by atoms with Gasteiger partial charge < -0.3 is 9.84 Å². The highest BCUT2D eigenvalue weighted by molar-refractivity contribution is 5.92. The predicted octanol–water partition coefficient (Wildman–Crippen LogP) is 2.35. The van der Waals surface area contributed by atoms with Crippen LogP contribution in [0.5, 0.6) is 5.75 Å². The van der Waals surface area contributed by atoms with E-state index in [1.165, 1.54) is 13.0 Å². The number of aromatic carboxylic acids is 1. The molecule has 0 amide bonds. The number of carboxylic acids is 1. The third-order valence-corrected chi connectivity index (χ3v) is 2.32. The van der Waals surface area contributed by atoms with Gasteiger partial charge >= 0.3 is 11.9 Å². The number of esters is 1. The number of benzene rings is 1. The van der Waals surface area contributed by atoms with Crippen LogP contribution in [0.3, 0.4) is 0 Å². The second kappa shape index (κ2) is 5.30. The molecular formula is C13H14O4. The minimum absolute atomic E-state index is 0.0114. The first kappa shape index (κ1) is 13.0. The topological polar surface area (TPSA) is 63.6 Å². The van der Waals surface area contributed by atoms with Crippen molar-refractivity contribution in [2.45, 2.75) is 20.3 Å². The zero-order chi connectivity index (χ0) is 13.0. The minimum atomic E-state index is -1.12. The average Bonchev–Trinajstić information content (AvgIpc) is 2.22. The van der Waals surface area contributed by atoms with Crippen LogP contribution in [0.1, 0.15) is 28.4 Å². The van der Waals surface area contributed by atoms with Crippen LogP contribution >= 0.6 is 0 Å². The molecule has 0 spiro atoms. The molecule has 0 saturated heterocycles. The Hall–Kier alpha value is -2.10. The van der Waals surface area contributed by atoms with Crippen LogP contribution in [0.2, 0.25) is 0 Å². The molecular weight excluding hydrogens is 220 g/mol. The monoisotopic (exact) mass is 234 g/mol. The van der Waals surface area contributed by atoms with E-state index in [0.29, 0.717) is 12.0 Å². The van der Waals surface area contributed by atoms with E-state index in [1.807, 2.05) is 6.92 Å². The number of rotatable bonds is 4. The molecule has 1 aromatic carbocycles. The third kappa shape index (κ3) is 2.93. The van der Waals surface area contributed by atoms with Gasteiger partial charge in [-0.25, -0.2) is 4.79 Å². The first-order valence-electron chi connectivity index (χ1n) is 5.12. The Labute approximate surface area is 99.5 Å². The largest absolute Gasteiger partial charge is 0.478 e. The zero-order valence-corrected chi connectivity index (χ0v) is 9.82. The van der Waals surface area contributed by atoms with Crippen LogP contribution in [0.15, 0.2) is 24.8 Å². The molecule has 0 aromatic heterocycles. The predicted molar refractivity (Wildman–Crippen MR) is 63.3 cm³/mol. The molecule has 1 aromatic rings. The molecule has 0 fully saturated rings. The first-order chi connectivity index (χ1) is 7.97. The van der Waals surface area contributed by atoms with E-state index >= 15 is 0 Å². The summed E-state index contributed by atoms with van der Waals surface area (Å²) in [6, 6.07) is 3.12. The maximum Gasteiger partial charge on any atom is 0.339 e. The lowest BCUT2D eigenvalue weighted by Crippen LogP contribution is -2.10. The number of ether oxygens (including phenoxy) is 1. The quantitative estimate of drug-likeness (QED) is 0.493. The third-order valence-electron chi connectivity index (χ3n) is 2.32. The molecule has 0 saturated carbocycles. The smallest absolute Gasteiger partial charge is 0.339 e. The highest BCUT2D eigenvalue weighted by atomic mass is 16.5. The van der Waals surface area contributed by atoms with Gasteiger partial charge in [0.1, 0.15) is 11.3 Å². The summed E-state index contributed by atoms with van der Waals surface area (Å²) in [6.07, 6.45) is 2.09. The summed E-state index contributed by atoms with van der Waals surface area (Å²) < 4.78 is 5.00. The highest BCUT2D eigenvalue weighted by Crippen LogP contribution is 2.28. The zero-order valence-electron chi connectivity index (χ0n) is 9.82. The highest BCUT2D eigenvalue weighted by Gasteiger charge is 2.18. The van der Waals surface area contributed by atoms with Gasteiger partial charge in [0.15, 0.2) is 0 Å². The molecule has 0 atom stereocenters. The number of carboxylic acid groups (broad SMARTS) is 1. The number of carbonyl (C=O) groups excluding carboxylic acids is 1. The van der Waals surface area contributed by atoms with Gasteiger partial charge in [-0.1, -0.05) is 12.1 Å². The second-order valence-electron chi connectivity index (χ2n) is 3.63. The van der Waals surface area contributed by atoms with Crippen molar-refractivity contribution in [3.63, 3.8) is 0 Å². The molecule has 4 nitrogen and oxygen atoms in total. The van der Waals surface area contributed by atoms with Crippen molar-refractivity contribution in [1.29, 1.82) is 0 Å². The molecule has 90 valence electrons. The molecule has 0 aliphatic rings. The number of allylic oxidation sites excluding steroid dienone is 1. The first-order valence-corrected chi connectivity index (χ1v) is 5.12. The SMILES string of the molecule is C=CCc1c(C)ccc(C(=O)O)c1OC(C)=O. The van der Waals surface area contributed by atoms with Gasteiger partial charge in [0.25, 0.3) is 0 Å². The Bertz CT molecular complexity index is 475. The summed E-state index contributed by atoms with van der Waals surface area (Å²) >= 11 is 0. The maximum atomic E-state index is 11.1. The molecule has 0 radical (unpaired) electrons. The molecule has 0 unspecified atom stereocenters. The van der Waals surface area contributed by atoms with Gasteiger partial charge in [-0.2, -0.15) is 0 Å². The fourth-order valence-corrected chi connectivity index (χ4v) is 1.55. The molecule has 1 N–H and O–H groups in total. The summed E-state index contributed by atoms with van der Waals surface area (Å²) in [5.41, 5.74) is 1.53. The average molecular weight is 234 g/mol. The van der Waals surface area contributed by atoms with Gasteiger partial charge in [0, 0.05) is 12.5 Å².